The Kier molecular flexibility index (Phi) is 4.85. The number of carbonyl (C=O) groups is 2. The number of carbonyl (C=O) groups excluding carboxylic acids is 2. The third kappa shape index (κ3) is 4.99. The van der Waals surface area contributed by atoms with E-state index >= 15 is 0 Å². The van der Waals surface area contributed by atoms with Crippen molar-refractivity contribution in [1.29, 1.82) is 0 Å². The van der Waals surface area contributed by atoms with E-state index in [2.05, 4.69) is 10.1 Å². The summed E-state index contributed by atoms with van der Waals surface area (Å²) in [6.07, 6.45) is 0.0849. The lowest BCUT2D eigenvalue weighted by Gasteiger charge is -2.05. The number of nitrogens with two attached hydrogens (primary N) is 1. The molecule has 2 amide bonds. The quantitative estimate of drug-likeness (QED) is 0.758. The van der Waals surface area contributed by atoms with Crippen LogP contribution in [0.3, 0.4) is 0 Å². The molecule has 1 aromatic carbocycles. The van der Waals surface area contributed by atoms with Crippen LogP contribution < -0.4 is 11.1 Å². The number of alkyl carbamates (subject to hydrolysis) is 1. The van der Waals surface area contributed by atoms with Gasteiger partial charge in [0.1, 0.15) is 0 Å². The Balaban J connectivity index is 2.16. The van der Waals surface area contributed by atoms with Crippen LogP contribution >= 0.6 is 0 Å². The number of amides is 2. The zero-order valence-electron chi connectivity index (χ0n) is 8.81. The summed E-state index contributed by atoms with van der Waals surface area (Å²) in [5.41, 5.74) is 5.94. The van der Waals surface area contributed by atoms with Crippen molar-refractivity contribution >= 4 is 12.0 Å². The van der Waals surface area contributed by atoms with Crippen molar-refractivity contribution < 1.29 is 14.3 Å². The molecule has 0 fully saturated rings. The van der Waals surface area contributed by atoms with Gasteiger partial charge in [-0.05, 0) is 12.0 Å². The van der Waals surface area contributed by atoms with Crippen molar-refractivity contribution in [2.45, 2.75) is 6.42 Å². The number of rotatable bonds is 5. The first-order valence-electron chi connectivity index (χ1n) is 4.91. The maximum atomic E-state index is 11.0. The van der Waals surface area contributed by atoms with Crippen molar-refractivity contribution in [2.24, 2.45) is 5.73 Å². The molecule has 0 heterocycles. The molecule has 0 spiro atoms. The third-order valence-electron chi connectivity index (χ3n) is 1.87. The molecule has 0 bridgehead atoms. The first-order valence-corrected chi connectivity index (χ1v) is 4.91. The summed E-state index contributed by atoms with van der Waals surface area (Å²) in [5.74, 6) is -0.668. The maximum absolute atomic E-state index is 11.0. The van der Waals surface area contributed by atoms with E-state index in [1.165, 1.54) is 0 Å². The second-order valence-electron chi connectivity index (χ2n) is 3.20. The molecule has 3 N–H and O–H groups in total. The van der Waals surface area contributed by atoms with Crippen LogP contribution in [0.1, 0.15) is 5.56 Å². The molecule has 0 aliphatic heterocycles. The van der Waals surface area contributed by atoms with E-state index in [-0.39, 0.29) is 0 Å². The monoisotopic (exact) mass is 222 g/mol. The summed E-state index contributed by atoms with van der Waals surface area (Å²) in [6.45, 7) is 0.0682. The molecular weight excluding hydrogens is 208 g/mol. The maximum Gasteiger partial charge on any atom is 0.407 e. The highest BCUT2D eigenvalue weighted by molar-refractivity contribution is 5.78. The summed E-state index contributed by atoms with van der Waals surface area (Å²) in [6, 6.07) is 9.73. The summed E-state index contributed by atoms with van der Waals surface area (Å²) in [5, 5.41) is 2.52. The number of hydrogen-bond donors (Lipinski definition) is 2. The fraction of sp³-hybridized carbons (Fsp3) is 0.273. The highest BCUT2D eigenvalue weighted by Crippen LogP contribution is 1.98. The van der Waals surface area contributed by atoms with Crippen LogP contribution in [0, 0.1) is 0 Å². The minimum absolute atomic E-state index is 0.392. The summed E-state index contributed by atoms with van der Waals surface area (Å²) in [4.78, 5) is 21.3. The molecule has 86 valence electrons. The van der Waals surface area contributed by atoms with Crippen molar-refractivity contribution in [3.63, 3.8) is 0 Å². The van der Waals surface area contributed by atoms with E-state index in [1.807, 2.05) is 30.3 Å². The summed E-state index contributed by atoms with van der Waals surface area (Å²) in [7, 11) is 0. The Hall–Kier alpha value is -2.04. The number of ether oxygens (including phenoxy) is 1. The first kappa shape index (κ1) is 12.0. The average Bonchev–Trinajstić information content (AvgIpc) is 2.28. The van der Waals surface area contributed by atoms with Gasteiger partial charge in [-0.15, -0.1) is 0 Å². The molecule has 0 aromatic heterocycles. The molecule has 0 saturated carbocycles. The van der Waals surface area contributed by atoms with Gasteiger partial charge in [0.15, 0.2) is 6.61 Å². The van der Waals surface area contributed by atoms with Crippen LogP contribution in [-0.4, -0.2) is 25.2 Å². The van der Waals surface area contributed by atoms with Crippen LogP contribution in [0.15, 0.2) is 30.3 Å². The van der Waals surface area contributed by atoms with Gasteiger partial charge >= 0.3 is 6.09 Å². The van der Waals surface area contributed by atoms with Crippen LogP contribution in [0.4, 0.5) is 4.79 Å². The molecule has 0 aliphatic rings. The average molecular weight is 222 g/mol. The molecule has 0 atom stereocenters. The zero-order chi connectivity index (χ0) is 11.8. The number of nitrogens with one attached hydrogen (secondary N) is 1. The molecule has 5 nitrogen and oxygen atoms in total. The number of hydrogen-bond acceptors (Lipinski definition) is 3. The molecular formula is C11H14N2O3. The lowest BCUT2D eigenvalue weighted by molar-refractivity contribution is -0.120. The van der Waals surface area contributed by atoms with E-state index in [0.717, 1.165) is 5.56 Å². The molecule has 16 heavy (non-hydrogen) atoms. The van der Waals surface area contributed by atoms with Gasteiger partial charge in [-0.1, -0.05) is 30.3 Å². The first-order chi connectivity index (χ1) is 7.68. The van der Waals surface area contributed by atoms with Crippen LogP contribution in [0.2, 0.25) is 0 Å². The van der Waals surface area contributed by atoms with Gasteiger partial charge in [0.25, 0.3) is 5.91 Å². The molecule has 0 saturated heterocycles. The van der Waals surface area contributed by atoms with E-state index < -0.39 is 18.6 Å². The van der Waals surface area contributed by atoms with Gasteiger partial charge < -0.3 is 15.8 Å². The van der Waals surface area contributed by atoms with Crippen LogP contribution in [-0.2, 0) is 16.0 Å². The molecule has 0 unspecified atom stereocenters. The van der Waals surface area contributed by atoms with Gasteiger partial charge in [0.2, 0.25) is 0 Å². The summed E-state index contributed by atoms with van der Waals surface area (Å²) >= 11 is 0. The molecule has 1 rings (SSSR count). The number of benzene rings is 1. The van der Waals surface area contributed by atoms with E-state index in [9.17, 15) is 9.59 Å². The van der Waals surface area contributed by atoms with Gasteiger partial charge in [-0.2, -0.15) is 0 Å². The fourth-order valence-corrected chi connectivity index (χ4v) is 1.14. The smallest absolute Gasteiger partial charge is 0.407 e. The highest BCUT2D eigenvalue weighted by Gasteiger charge is 2.02. The second-order valence-corrected chi connectivity index (χ2v) is 3.20. The molecule has 0 radical (unpaired) electrons. The molecule has 1 aromatic rings. The van der Waals surface area contributed by atoms with Crippen molar-refractivity contribution in [3.05, 3.63) is 35.9 Å². The van der Waals surface area contributed by atoms with E-state index in [1.54, 1.807) is 0 Å². The predicted molar refractivity (Wildman–Crippen MR) is 58.7 cm³/mol. The lowest BCUT2D eigenvalue weighted by atomic mass is 10.1. The van der Waals surface area contributed by atoms with E-state index in [4.69, 9.17) is 5.73 Å². The SMILES string of the molecule is NC(=O)COC(=O)NCCc1ccccc1. The van der Waals surface area contributed by atoms with Crippen molar-refractivity contribution in [3.8, 4) is 0 Å². The predicted octanol–water partition coefficient (Wildman–Crippen LogP) is 0.441. The second kappa shape index (κ2) is 6.44. The Morgan fingerprint density at radius 3 is 2.56 bits per heavy atom. The van der Waals surface area contributed by atoms with Gasteiger partial charge in [0, 0.05) is 6.54 Å². The Morgan fingerprint density at radius 2 is 1.94 bits per heavy atom. The Morgan fingerprint density at radius 1 is 1.25 bits per heavy atom. The van der Waals surface area contributed by atoms with Crippen molar-refractivity contribution in [1.82, 2.24) is 5.32 Å². The standard InChI is InChI=1S/C11H14N2O3/c12-10(14)8-16-11(15)13-7-6-9-4-2-1-3-5-9/h1-5H,6-8H2,(H2,12,14)(H,13,15). The van der Waals surface area contributed by atoms with Gasteiger partial charge in [-0.3, -0.25) is 4.79 Å². The third-order valence-corrected chi connectivity index (χ3v) is 1.87. The largest absolute Gasteiger partial charge is 0.439 e. The number of primary amides is 1. The van der Waals surface area contributed by atoms with E-state index in [0.29, 0.717) is 13.0 Å². The Bertz CT molecular complexity index is 352. The molecule has 5 heteroatoms. The van der Waals surface area contributed by atoms with Gasteiger partial charge in [0.05, 0.1) is 0 Å². The topological polar surface area (TPSA) is 81.4 Å². The summed E-state index contributed by atoms with van der Waals surface area (Å²) < 4.78 is 4.52. The lowest BCUT2D eigenvalue weighted by Crippen LogP contribution is -2.30. The Labute approximate surface area is 93.6 Å². The van der Waals surface area contributed by atoms with Gasteiger partial charge in [-0.25, -0.2) is 4.79 Å². The van der Waals surface area contributed by atoms with Crippen LogP contribution in [0.5, 0.6) is 0 Å². The normalized spacial score (nSPS) is 9.50. The van der Waals surface area contributed by atoms with Crippen LogP contribution in [0.25, 0.3) is 0 Å². The molecule has 0 aliphatic carbocycles. The van der Waals surface area contributed by atoms with Crippen molar-refractivity contribution in [2.75, 3.05) is 13.2 Å². The zero-order valence-corrected chi connectivity index (χ0v) is 8.81. The fourth-order valence-electron chi connectivity index (χ4n) is 1.14. The minimum Gasteiger partial charge on any atom is -0.439 e. The highest BCUT2D eigenvalue weighted by atomic mass is 16.6. The minimum atomic E-state index is -0.668.